The predicted octanol–water partition coefficient (Wildman–Crippen LogP) is 3.17. The number of benzene rings is 1. The van der Waals surface area contributed by atoms with E-state index in [9.17, 15) is 13.2 Å². The highest BCUT2D eigenvalue weighted by Gasteiger charge is 2.39. The number of pyridine rings is 1. The number of alkyl halides is 3. The molecule has 3 heterocycles. The van der Waals surface area contributed by atoms with Crippen LogP contribution in [0, 0.1) is 0 Å². The van der Waals surface area contributed by atoms with E-state index < -0.39 is 12.7 Å². The molecule has 0 saturated carbocycles. The van der Waals surface area contributed by atoms with Crippen molar-refractivity contribution in [2.75, 3.05) is 19.6 Å². The van der Waals surface area contributed by atoms with Crippen molar-refractivity contribution < 1.29 is 17.7 Å². The number of hydrogen-bond acceptors (Lipinski definition) is 5. The van der Waals surface area contributed by atoms with Gasteiger partial charge in [-0.3, -0.25) is 9.88 Å². The summed E-state index contributed by atoms with van der Waals surface area (Å²) < 4.78 is 42.2. The lowest BCUT2D eigenvalue weighted by Crippen LogP contribution is -2.49. The van der Waals surface area contributed by atoms with Gasteiger partial charge >= 0.3 is 6.18 Å². The van der Waals surface area contributed by atoms with Crippen LogP contribution in [0.2, 0.25) is 0 Å². The Morgan fingerprint density at radius 1 is 1.16 bits per heavy atom. The number of hydrogen-bond donors (Lipinski definition) is 0. The van der Waals surface area contributed by atoms with E-state index in [2.05, 4.69) is 15.1 Å². The zero-order chi connectivity index (χ0) is 17.4. The summed E-state index contributed by atoms with van der Waals surface area (Å²) in [6.45, 7) is -0.319. The topological polar surface area (TPSA) is 55.1 Å². The molecular formula is C17H15F3N4O. The summed E-state index contributed by atoms with van der Waals surface area (Å²) in [5.41, 5.74) is 1.87. The van der Waals surface area contributed by atoms with Gasteiger partial charge in [0.05, 0.1) is 18.0 Å². The monoisotopic (exact) mass is 348 g/mol. The van der Waals surface area contributed by atoms with Crippen LogP contribution in [-0.4, -0.2) is 45.8 Å². The van der Waals surface area contributed by atoms with Gasteiger partial charge in [-0.2, -0.15) is 18.2 Å². The van der Waals surface area contributed by atoms with Crippen molar-refractivity contribution in [2.45, 2.75) is 18.5 Å². The third kappa shape index (κ3) is 3.48. The molecule has 0 unspecified atom stereocenters. The van der Waals surface area contributed by atoms with Crippen LogP contribution in [-0.2, 0) is 6.42 Å². The number of aromatic nitrogens is 3. The van der Waals surface area contributed by atoms with Crippen LogP contribution in [0.15, 0.2) is 41.1 Å². The predicted molar refractivity (Wildman–Crippen MR) is 84.1 cm³/mol. The van der Waals surface area contributed by atoms with Crippen molar-refractivity contribution in [3.05, 3.63) is 53.8 Å². The van der Waals surface area contributed by atoms with Gasteiger partial charge in [-0.1, -0.05) is 29.4 Å². The molecule has 0 aliphatic carbocycles. The Labute approximate surface area is 141 Å². The number of fused-ring (bicyclic) bond motifs is 1. The molecule has 1 saturated heterocycles. The van der Waals surface area contributed by atoms with Crippen LogP contribution in [0.3, 0.4) is 0 Å². The molecule has 25 heavy (non-hydrogen) atoms. The summed E-state index contributed by atoms with van der Waals surface area (Å²) >= 11 is 0. The quantitative estimate of drug-likeness (QED) is 0.725. The van der Waals surface area contributed by atoms with E-state index in [1.54, 1.807) is 6.20 Å². The zero-order valence-corrected chi connectivity index (χ0v) is 13.2. The van der Waals surface area contributed by atoms with Crippen molar-refractivity contribution in [3.63, 3.8) is 0 Å². The first-order chi connectivity index (χ1) is 12.0. The minimum Gasteiger partial charge on any atom is -0.339 e. The van der Waals surface area contributed by atoms with Crippen LogP contribution in [0.5, 0.6) is 0 Å². The van der Waals surface area contributed by atoms with E-state index in [0.717, 1.165) is 16.5 Å². The SMILES string of the molecule is FC(F)(F)CN1CC(c2nc(Cc3cccc4cccnc34)no2)C1. The molecule has 1 aromatic carbocycles. The molecule has 3 aromatic rings. The summed E-state index contributed by atoms with van der Waals surface area (Å²) in [5, 5.41) is 5.00. The molecule has 1 aliphatic rings. The Kier molecular flexibility index (Phi) is 3.91. The Morgan fingerprint density at radius 2 is 1.96 bits per heavy atom. The van der Waals surface area contributed by atoms with E-state index in [0.29, 0.717) is 18.1 Å². The summed E-state index contributed by atoms with van der Waals surface area (Å²) in [7, 11) is 0. The van der Waals surface area contributed by atoms with Gasteiger partial charge in [0.2, 0.25) is 5.89 Å². The highest BCUT2D eigenvalue weighted by Crippen LogP contribution is 2.29. The fourth-order valence-electron chi connectivity index (χ4n) is 3.09. The molecule has 0 bridgehead atoms. The average molecular weight is 348 g/mol. The minimum atomic E-state index is -4.17. The number of halogens is 3. The Bertz CT molecular complexity index is 881. The van der Waals surface area contributed by atoms with Gasteiger partial charge in [0.25, 0.3) is 0 Å². The molecule has 0 N–H and O–H groups in total. The Balaban J connectivity index is 1.44. The van der Waals surface area contributed by atoms with E-state index in [-0.39, 0.29) is 19.0 Å². The van der Waals surface area contributed by atoms with Gasteiger partial charge in [0.1, 0.15) is 0 Å². The molecule has 1 aliphatic heterocycles. The number of nitrogens with zero attached hydrogens (tertiary/aromatic N) is 4. The van der Waals surface area contributed by atoms with Gasteiger partial charge in [-0.25, -0.2) is 0 Å². The summed E-state index contributed by atoms with van der Waals surface area (Å²) in [4.78, 5) is 10.1. The highest BCUT2D eigenvalue weighted by atomic mass is 19.4. The molecule has 1 fully saturated rings. The van der Waals surface area contributed by atoms with Gasteiger partial charge in [-0.05, 0) is 11.6 Å². The van der Waals surface area contributed by atoms with Crippen molar-refractivity contribution in [1.29, 1.82) is 0 Å². The van der Waals surface area contributed by atoms with Crippen LogP contribution >= 0.6 is 0 Å². The van der Waals surface area contributed by atoms with Crippen LogP contribution in [0.4, 0.5) is 13.2 Å². The molecule has 0 amide bonds. The maximum atomic E-state index is 12.3. The first-order valence-corrected chi connectivity index (χ1v) is 7.92. The summed E-state index contributed by atoms with van der Waals surface area (Å²) in [6, 6.07) is 9.75. The lowest BCUT2D eigenvalue weighted by molar-refractivity contribution is -0.155. The molecule has 130 valence electrons. The van der Waals surface area contributed by atoms with Crippen LogP contribution < -0.4 is 0 Å². The molecule has 8 heteroatoms. The second-order valence-corrected chi connectivity index (χ2v) is 6.22. The fraction of sp³-hybridized carbons (Fsp3) is 0.353. The van der Waals surface area contributed by atoms with Crippen molar-refractivity contribution >= 4 is 10.9 Å². The van der Waals surface area contributed by atoms with Crippen molar-refractivity contribution in [3.8, 4) is 0 Å². The number of para-hydroxylation sites is 1. The lowest BCUT2D eigenvalue weighted by atomic mass is 10.0. The number of likely N-dealkylation sites (tertiary alicyclic amines) is 1. The third-order valence-electron chi connectivity index (χ3n) is 4.26. The van der Waals surface area contributed by atoms with Crippen LogP contribution in [0.1, 0.15) is 23.2 Å². The molecule has 0 radical (unpaired) electrons. The number of rotatable bonds is 4. The molecule has 4 rings (SSSR count). The second kappa shape index (κ2) is 6.11. The molecule has 0 spiro atoms. The van der Waals surface area contributed by atoms with Crippen LogP contribution in [0.25, 0.3) is 10.9 Å². The Hall–Kier alpha value is -2.48. The minimum absolute atomic E-state index is 0.130. The molecule has 5 nitrogen and oxygen atoms in total. The zero-order valence-electron chi connectivity index (χ0n) is 13.2. The fourth-order valence-corrected chi connectivity index (χ4v) is 3.09. The Morgan fingerprint density at radius 3 is 2.76 bits per heavy atom. The van der Waals surface area contributed by atoms with E-state index in [1.807, 2.05) is 30.3 Å². The maximum absolute atomic E-state index is 12.3. The molecule has 0 atom stereocenters. The first-order valence-electron chi connectivity index (χ1n) is 7.92. The average Bonchev–Trinajstić information content (AvgIpc) is 2.98. The van der Waals surface area contributed by atoms with E-state index >= 15 is 0 Å². The summed E-state index contributed by atoms with van der Waals surface area (Å²) in [6.07, 6.45) is -1.97. The van der Waals surface area contributed by atoms with Gasteiger partial charge in [0, 0.05) is 31.1 Å². The van der Waals surface area contributed by atoms with E-state index in [4.69, 9.17) is 4.52 Å². The van der Waals surface area contributed by atoms with Gasteiger partial charge < -0.3 is 4.52 Å². The van der Waals surface area contributed by atoms with E-state index in [1.165, 1.54) is 4.90 Å². The molecular weight excluding hydrogens is 333 g/mol. The van der Waals surface area contributed by atoms with Crippen molar-refractivity contribution in [2.24, 2.45) is 0 Å². The first kappa shape index (κ1) is 16.0. The molecule has 2 aromatic heterocycles. The standard InChI is InChI=1S/C17H15F3N4O/c18-17(19,20)10-24-8-13(9-24)16-22-14(23-25-16)7-12-4-1-3-11-5-2-6-21-15(11)12/h1-6,13H,7-10H2. The van der Waals surface area contributed by atoms with Gasteiger partial charge in [-0.15, -0.1) is 0 Å². The lowest BCUT2D eigenvalue weighted by Gasteiger charge is -2.37. The maximum Gasteiger partial charge on any atom is 0.401 e. The third-order valence-corrected chi connectivity index (χ3v) is 4.26. The van der Waals surface area contributed by atoms with Gasteiger partial charge in [0.15, 0.2) is 5.82 Å². The normalized spacial score (nSPS) is 16.3. The second-order valence-electron chi connectivity index (χ2n) is 6.22. The largest absolute Gasteiger partial charge is 0.401 e. The smallest absolute Gasteiger partial charge is 0.339 e. The summed E-state index contributed by atoms with van der Waals surface area (Å²) in [5.74, 6) is 0.790. The van der Waals surface area contributed by atoms with Crippen molar-refractivity contribution in [1.82, 2.24) is 20.0 Å². The highest BCUT2D eigenvalue weighted by molar-refractivity contribution is 5.81.